The Morgan fingerprint density at radius 1 is 1.18 bits per heavy atom. The van der Waals surface area contributed by atoms with E-state index in [1.54, 1.807) is 4.90 Å². The number of anilines is 1. The summed E-state index contributed by atoms with van der Waals surface area (Å²) < 4.78 is 67.1. The average molecular weight is 560 g/mol. The zero-order chi connectivity index (χ0) is 28.6. The number of methoxy groups -OCH3 is 2. The van der Waals surface area contributed by atoms with Gasteiger partial charge in [0.15, 0.2) is 11.6 Å². The molecule has 2 N–H and O–H groups in total. The predicted molar refractivity (Wildman–Crippen MR) is 139 cm³/mol. The molecule has 3 aromatic rings. The van der Waals surface area contributed by atoms with Gasteiger partial charge in [0.25, 0.3) is 6.43 Å². The van der Waals surface area contributed by atoms with Gasteiger partial charge in [-0.2, -0.15) is 0 Å². The van der Waals surface area contributed by atoms with Crippen molar-refractivity contribution in [2.24, 2.45) is 5.92 Å². The van der Waals surface area contributed by atoms with E-state index >= 15 is 0 Å². The second kappa shape index (κ2) is 11.1. The predicted octanol–water partition coefficient (Wildman–Crippen LogP) is 4.58. The lowest BCUT2D eigenvalue weighted by Gasteiger charge is -2.66. The smallest absolute Gasteiger partial charge is 0.340 e. The number of pyridine rings is 1. The molecule has 1 aromatic heterocycles. The molecule has 3 fully saturated rings. The molecule has 6 rings (SSSR count). The largest absolute Gasteiger partial charge is 0.494 e. The highest BCUT2D eigenvalue weighted by Crippen LogP contribution is 2.53. The molecule has 2 saturated heterocycles. The van der Waals surface area contributed by atoms with Crippen LogP contribution in [-0.4, -0.2) is 60.9 Å². The standard InChI is InChI=1S/C29H29F4N3O4/c1-39-24-13-20(30)18(11-21(24)31)22-12-19(28(38)40-2)23(15-34-22)36-9-8-17-10-25(36)29(17,26(37)27(32)33)35-14-16-6-4-3-5-7-16/h3-7,11-13,15,17,25-27,35,37H,8-10,14H2,1-2H3/t17?,25?,26-,29-/m1/s1. The molecule has 2 aromatic carbocycles. The summed E-state index contributed by atoms with van der Waals surface area (Å²) >= 11 is 0. The van der Waals surface area contributed by atoms with E-state index in [9.17, 15) is 27.5 Å². The van der Waals surface area contributed by atoms with Crippen LogP contribution in [0.15, 0.2) is 54.7 Å². The fourth-order valence-corrected chi connectivity index (χ4v) is 6.10. The number of nitrogens with one attached hydrogen (secondary N) is 1. The van der Waals surface area contributed by atoms with Crippen LogP contribution in [-0.2, 0) is 11.3 Å². The summed E-state index contributed by atoms with van der Waals surface area (Å²) in [6.45, 7) is 0.672. The number of halogens is 4. The molecule has 0 radical (unpaired) electrons. The van der Waals surface area contributed by atoms with Crippen molar-refractivity contribution in [2.75, 3.05) is 25.7 Å². The van der Waals surface area contributed by atoms with E-state index in [0.29, 0.717) is 25.1 Å². The molecule has 0 spiro atoms. The molecule has 11 heteroatoms. The molecule has 0 amide bonds. The fourth-order valence-electron chi connectivity index (χ4n) is 6.10. The molecule has 1 aliphatic carbocycles. The summed E-state index contributed by atoms with van der Waals surface area (Å²) in [5.41, 5.74) is -0.385. The molecule has 4 atom stereocenters. The molecule has 2 bridgehead atoms. The summed E-state index contributed by atoms with van der Waals surface area (Å²) in [4.78, 5) is 19.0. The van der Waals surface area contributed by atoms with Gasteiger partial charge in [-0.05, 0) is 36.5 Å². The van der Waals surface area contributed by atoms with Crippen LogP contribution in [0.2, 0.25) is 0 Å². The third-order valence-electron chi connectivity index (χ3n) is 8.11. The minimum atomic E-state index is -3.00. The first-order valence-electron chi connectivity index (χ1n) is 12.8. The van der Waals surface area contributed by atoms with Gasteiger partial charge in [0.05, 0.1) is 48.9 Å². The van der Waals surface area contributed by atoms with Crippen molar-refractivity contribution in [2.45, 2.75) is 43.5 Å². The number of esters is 1. The number of carbonyl (C=O) groups excluding carboxylic acids is 1. The monoisotopic (exact) mass is 559 g/mol. The molecule has 1 saturated carbocycles. The van der Waals surface area contributed by atoms with Crippen molar-refractivity contribution in [1.82, 2.24) is 10.3 Å². The number of aliphatic hydroxyl groups is 1. The zero-order valence-electron chi connectivity index (χ0n) is 21.9. The Bertz CT molecular complexity index is 1390. The fraction of sp³-hybridized carbons (Fsp3) is 0.379. The Kier molecular flexibility index (Phi) is 7.70. The van der Waals surface area contributed by atoms with Crippen LogP contribution in [0.3, 0.4) is 0 Å². The van der Waals surface area contributed by atoms with Gasteiger partial charge in [-0.3, -0.25) is 4.98 Å². The average Bonchev–Trinajstić information content (AvgIpc) is 2.97. The van der Waals surface area contributed by atoms with E-state index in [1.807, 2.05) is 30.3 Å². The van der Waals surface area contributed by atoms with E-state index in [2.05, 4.69) is 10.3 Å². The van der Waals surface area contributed by atoms with Crippen molar-refractivity contribution in [3.8, 4) is 17.0 Å². The lowest BCUT2D eigenvalue weighted by molar-refractivity contribution is -0.138. The number of alkyl halides is 2. The molecular formula is C29H29F4N3O4. The molecule has 212 valence electrons. The van der Waals surface area contributed by atoms with Crippen molar-refractivity contribution < 1.29 is 36.9 Å². The SMILES string of the molecule is COC(=O)c1cc(-c2cc(F)c(OC)cc2F)ncc1N1CCC2CC1[C@@]2(NCc1ccccc1)[C@H](O)C(F)F. The Hall–Kier alpha value is -3.70. The normalized spacial score (nSPS) is 22.6. The van der Waals surface area contributed by atoms with Gasteiger partial charge in [-0.15, -0.1) is 0 Å². The van der Waals surface area contributed by atoms with Crippen LogP contribution in [0, 0.1) is 17.6 Å². The molecule has 2 aliphatic heterocycles. The van der Waals surface area contributed by atoms with Crippen LogP contribution in [0.25, 0.3) is 11.3 Å². The van der Waals surface area contributed by atoms with Crippen LogP contribution in [0.5, 0.6) is 5.75 Å². The van der Waals surface area contributed by atoms with E-state index in [-0.39, 0.29) is 35.0 Å². The van der Waals surface area contributed by atoms with Crippen LogP contribution < -0.4 is 15.0 Å². The first kappa shape index (κ1) is 27.9. The number of piperidine rings is 2. The van der Waals surface area contributed by atoms with Gasteiger partial charge >= 0.3 is 5.97 Å². The third-order valence-corrected chi connectivity index (χ3v) is 8.11. The second-order valence-corrected chi connectivity index (χ2v) is 10.0. The Morgan fingerprint density at radius 3 is 2.58 bits per heavy atom. The van der Waals surface area contributed by atoms with E-state index < -0.39 is 41.7 Å². The maximum absolute atomic E-state index is 14.8. The minimum absolute atomic E-state index is 0.0111. The highest BCUT2D eigenvalue weighted by molar-refractivity contribution is 5.97. The Labute approximate surface area is 228 Å². The molecule has 2 unspecified atom stereocenters. The molecular weight excluding hydrogens is 530 g/mol. The van der Waals surface area contributed by atoms with Crippen molar-refractivity contribution in [3.63, 3.8) is 0 Å². The van der Waals surface area contributed by atoms with Gasteiger partial charge in [0.1, 0.15) is 11.9 Å². The van der Waals surface area contributed by atoms with Gasteiger partial charge in [0.2, 0.25) is 0 Å². The third kappa shape index (κ3) is 4.66. The number of ether oxygens (including phenoxy) is 2. The second-order valence-electron chi connectivity index (χ2n) is 10.0. The summed E-state index contributed by atoms with van der Waals surface area (Å²) in [7, 11) is 2.39. The molecule has 40 heavy (non-hydrogen) atoms. The minimum Gasteiger partial charge on any atom is -0.494 e. The van der Waals surface area contributed by atoms with Gasteiger partial charge < -0.3 is 24.8 Å². The number of hydrogen-bond donors (Lipinski definition) is 2. The van der Waals surface area contributed by atoms with Gasteiger partial charge in [-0.1, -0.05) is 30.3 Å². The lowest BCUT2D eigenvalue weighted by atomic mass is 9.55. The van der Waals surface area contributed by atoms with E-state index in [4.69, 9.17) is 9.47 Å². The highest BCUT2D eigenvalue weighted by Gasteiger charge is 2.65. The van der Waals surface area contributed by atoms with Crippen molar-refractivity contribution >= 4 is 11.7 Å². The highest BCUT2D eigenvalue weighted by atomic mass is 19.3. The molecule has 3 aliphatic rings. The quantitative estimate of drug-likeness (QED) is 0.294. The summed E-state index contributed by atoms with van der Waals surface area (Å²) in [6, 6.07) is 11.8. The van der Waals surface area contributed by atoms with Gasteiger partial charge in [0, 0.05) is 24.7 Å². The van der Waals surface area contributed by atoms with E-state index in [1.165, 1.54) is 26.5 Å². The summed E-state index contributed by atoms with van der Waals surface area (Å²) in [5, 5.41) is 14.1. The number of carbonyl (C=O) groups is 1. The Morgan fingerprint density at radius 2 is 1.93 bits per heavy atom. The number of aromatic nitrogens is 1. The van der Waals surface area contributed by atoms with Crippen molar-refractivity contribution in [1.29, 1.82) is 0 Å². The maximum atomic E-state index is 14.8. The molecule has 3 heterocycles. The van der Waals surface area contributed by atoms with Crippen LogP contribution in [0.4, 0.5) is 23.2 Å². The molecule has 7 nitrogen and oxygen atoms in total. The van der Waals surface area contributed by atoms with Crippen LogP contribution >= 0.6 is 0 Å². The number of benzene rings is 2. The number of rotatable bonds is 9. The topological polar surface area (TPSA) is 83.9 Å². The zero-order valence-corrected chi connectivity index (χ0v) is 21.9. The van der Waals surface area contributed by atoms with Gasteiger partial charge in [-0.25, -0.2) is 22.4 Å². The van der Waals surface area contributed by atoms with E-state index in [0.717, 1.165) is 17.7 Å². The number of aliphatic hydroxyl groups excluding tert-OH is 1. The first-order valence-corrected chi connectivity index (χ1v) is 12.8. The Balaban J connectivity index is 1.54. The summed E-state index contributed by atoms with van der Waals surface area (Å²) in [6.07, 6.45) is -2.65. The van der Waals surface area contributed by atoms with Crippen LogP contribution in [0.1, 0.15) is 28.8 Å². The first-order chi connectivity index (χ1) is 19.2. The maximum Gasteiger partial charge on any atom is 0.340 e. The summed E-state index contributed by atoms with van der Waals surface area (Å²) in [5.74, 6) is -2.87. The number of fused-ring (bicyclic) bond motifs is 2. The number of nitrogens with zero attached hydrogens (tertiary/aromatic N) is 2. The lowest BCUT2D eigenvalue weighted by Crippen LogP contribution is -2.81. The number of hydrogen-bond acceptors (Lipinski definition) is 7. The van der Waals surface area contributed by atoms with Crippen molar-refractivity contribution in [3.05, 3.63) is 77.5 Å².